The van der Waals surface area contributed by atoms with Crippen molar-refractivity contribution in [2.24, 2.45) is 0 Å². The predicted octanol–water partition coefficient (Wildman–Crippen LogP) is 2.00. The first-order valence-electron chi connectivity index (χ1n) is 8.46. The number of rotatable bonds is 3. The molecule has 2 heterocycles. The molecule has 1 saturated heterocycles. The van der Waals surface area contributed by atoms with E-state index in [1.165, 1.54) is 0 Å². The summed E-state index contributed by atoms with van der Waals surface area (Å²) in [4.78, 5) is 40.0. The summed E-state index contributed by atoms with van der Waals surface area (Å²) in [5.74, 6) is -0.207. The lowest BCUT2D eigenvalue weighted by Gasteiger charge is -2.27. The third-order valence-electron chi connectivity index (χ3n) is 4.82. The molecule has 6 heteroatoms. The Bertz CT molecular complexity index is 686. The molecule has 1 aromatic rings. The number of anilines is 1. The molecule has 3 amide bonds. The van der Waals surface area contributed by atoms with E-state index in [-0.39, 0.29) is 17.7 Å². The van der Waals surface area contributed by atoms with Gasteiger partial charge in [0, 0.05) is 37.8 Å². The number of hydrogen-bond acceptors (Lipinski definition) is 3. The number of carbonyl (C=O) groups excluding carboxylic acids is 3. The highest BCUT2D eigenvalue weighted by Gasteiger charge is 2.28. The van der Waals surface area contributed by atoms with Gasteiger partial charge in [-0.3, -0.25) is 14.4 Å². The molecule has 0 bridgehead atoms. The van der Waals surface area contributed by atoms with Crippen molar-refractivity contribution in [3.8, 4) is 0 Å². The molecule has 128 valence electrons. The van der Waals surface area contributed by atoms with Crippen LogP contribution in [0.4, 0.5) is 5.69 Å². The summed E-state index contributed by atoms with van der Waals surface area (Å²) in [7, 11) is 1.76. The molecule has 1 N–H and O–H groups in total. The molecule has 1 fully saturated rings. The van der Waals surface area contributed by atoms with Crippen LogP contribution < -0.4 is 5.32 Å². The minimum Gasteiger partial charge on any atom is -0.337 e. The first-order valence-corrected chi connectivity index (χ1v) is 8.46. The third kappa shape index (κ3) is 3.13. The lowest BCUT2D eigenvalue weighted by atomic mass is 10.1. The van der Waals surface area contributed by atoms with Crippen LogP contribution in [0.15, 0.2) is 18.2 Å². The molecule has 0 aromatic heterocycles. The lowest BCUT2D eigenvalue weighted by Crippen LogP contribution is -2.45. The second kappa shape index (κ2) is 6.63. The first kappa shape index (κ1) is 16.5. The van der Waals surface area contributed by atoms with Crippen LogP contribution in [-0.4, -0.2) is 47.2 Å². The van der Waals surface area contributed by atoms with Crippen molar-refractivity contribution in [3.63, 3.8) is 0 Å². The molecule has 0 radical (unpaired) electrons. The van der Waals surface area contributed by atoms with Gasteiger partial charge >= 0.3 is 0 Å². The van der Waals surface area contributed by atoms with Crippen LogP contribution in [0, 0.1) is 0 Å². The van der Waals surface area contributed by atoms with E-state index < -0.39 is 6.04 Å². The fourth-order valence-electron chi connectivity index (χ4n) is 3.33. The average molecular weight is 329 g/mol. The molecule has 6 nitrogen and oxygen atoms in total. The van der Waals surface area contributed by atoms with Crippen molar-refractivity contribution in [2.75, 3.05) is 18.9 Å². The van der Waals surface area contributed by atoms with E-state index in [4.69, 9.17) is 0 Å². The van der Waals surface area contributed by atoms with E-state index >= 15 is 0 Å². The smallest absolute Gasteiger partial charge is 0.254 e. The quantitative estimate of drug-likeness (QED) is 0.922. The van der Waals surface area contributed by atoms with Crippen LogP contribution in [0.25, 0.3) is 0 Å². The van der Waals surface area contributed by atoms with Gasteiger partial charge in [-0.15, -0.1) is 0 Å². The van der Waals surface area contributed by atoms with Gasteiger partial charge in [0.1, 0.15) is 6.04 Å². The van der Waals surface area contributed by atoms with Crippen LogP contribution in [0.3, 0.4) is 0 Å². The Labute approximate surface area is 141 Å². The van der Waals surface area contributed by atoms with Gasteiger partial charge in [-0.2, -0.15) is 0 Å². The van der Waals surface area contributed by atoms with E-state index in [1.807, 2.05) is 6.07 Å². The number of nitrogens with one attached hydrogen (secondary N) is 1. The van der Waals surface area contributed by atoms with Crippen LogP contribution in [0.1, 0.15) is 48.5 Å². The van der Waals surface area contributed by atoms with Crippen molar-refractivity contribution in [1.82, 2.24) is 9.80 Å². The minimum atomic E-state index is -0.512. The lowest BCUT2D eigenvalue weighted by molar-refractivity contribution is -0.137. The fourth-order valence-corrected chi connectivity index (χ4v) is 3.33. The second-order valence-corrected chi connectivity index (χ2v) is 6.60. The van der Waals surface area contributed by atoms with Crippen molar-refractivity contribution in [3.05, 3.63) is 29.3 Å². The van der Waals surface area contributed by atoms with E-state index in [9.17, 15) is 14.4 Å². The highest BCUT2D eigenvalue weighted by Crippen LogP contribution is 2.25. The zero-order chi connectivity index (χ0) is 17.3. The topological polar surface area (TPSA) is 69.7 Å². The number of benzene rings is 1. The zero-order valence-corrected chi connectivity index (χ0v) is 14.2. The maximum atomic E-state index is 12.5. The van der Waals surface area contributed by atoms with E-state index in [0.717, 1.165) is 24.8 Å². The predicted molar refractivity (Wildman–Crippen MR) is 90.5 cm³/mol. The molecule has 3 rings (SSSR count). The van der Waals surface area contributed by atoms with Crippen molar-refractivity contribution < 1.29 is 14.4 Å². The maximum Gasteiger partial charge on any atom is 0.254 e. The van der Waals surface area contributed by atoms with Gasteiger partial charge in [0.15, 0.2) is 0 Å². The molecule has 2 aliphatic rings. The minimum absolute atomic E-state index is 0.0307. The van der Waals surface area contributed by atoms with Crippen LogP contribution >= 0.6 is 0 Å². The number of amides is 3. The molecule has 0 aliphatic carbocycles. The van der Waals surface area contributed by atoms with E-state index in [0.29, 0.717) is 30.8 Å². The zero-order valence-electron chi connectivity index (χ0n) is 14.2. The van der Waals surface area contributed by atoms with Crippen molar-refractivity contribution in [1.29, 1.82) is 0 Å². The molecule has 0 unspecified atom stereocenters. The Morgan fingerprint density at radius 3 is 2.79 bits per heavy atom. The van der Waals surface area contributed by atoms with Crippen LogP contribution in [-0.2, 0) is 16.1 Å². The Hall–Kier alpha value is -2.37. The average Bonchev–Trinajstić information content (AvgIpc) is 2.73. The van der Waals surface area contributed by atoms with Gasteiger partial charge in [0.05, 0.1) is 0 Å². The summed E-state index contributed by atoms with van der Waals surface area (Å²) in [6, 6.07) is 4.88. The van der Waals surface area contributed by atoms with Gasteiger partial charge in [0.25, 0.3) is 5.91 Å². The molecule has 1 aromatic carbocycles. The third-order valence-corrected chi connectivity index (χ3v) is 4.82. The molecule has 2 aliphatic heterocycles. The summed E-state index contributed by atoms with van der Waals surface area (Å²) in [6.45, 7) is 2.98. The molecular weight excluding hydrogens is 306 g/mol. The molecular formula is C18H23N3O3. The van der Waals surface area contributed by atoms with Crippen LogP contribution in [0.5, 0.6) is 0 Å². The van der Waals surface area contributed by atoms with E-state index in [2.05, 4.69) is 5.32 Å². The van der Waals surface area contributed by atoms with Crippen LogP contribution in [0.2, 0.25) is 0 Å². The normalized spacial score (nSPS) is 19.1. The van der Waals surface area contributed by atoms with Crippen molar-refractivity contribution in [2.45, 2.75) is 45.2 Å². The number of nitrogens with zero attached hydrogens (tertiary/aromatic N) is 2. The van der Waals surface area contributed by atoms with Gasteiger partial charge in [-0.1, -0.05) is 12.5 Å². The van der Waals surface area contributed by atoms with Gasteiger partial charge in [-0.05, 0) is 37.5 Å². The number of hydrogen-bond donors (Lipinski definition) is 1. The summed E-state index contributed by atoms with van der Waals surface area (Å²) in [5.41, 5.74) is 2.20. The first-order chi connectivity index (χ1) is 11.5. The summed E-state index contributed by atoms with van der Waals surface area (Å²) < 4.78 is 0. The Kier molecular flexibility index (Phi) is 4.55. The summed E-state index contributed by atoms with van der Waals surface area (Å²) in [6.07, 6.45) is 3.36. The number of carbonyl (C=O) groups is 3. The molecule has 24 heavy (non-hydrogen) atoms. The SMILES string of the molecule is C[C@H](C(=O)Nc1ccc2c(c1)C(=O)N(C)C2)N1CCCCCC1=O. The Morgan fingerprint density at radius 2 is 2.00 bits per heavy atom. The monoisotopic (exact) mass is 329 g/mol. The number of likely N-dealkylation sites (tertiary alicyclic amines) is 1. The standard InChI is InChI=1S/C18H23N3O3/c1-12(21-9-5-3-4-6-16(21)22)17(23)19-14-8-7-13-11-20(2)18(24)15(13)10-14/h7-8,10,12H,3-6,9,11H2,1-2H3,(H,19,23)/t12-/m1/s1. The molecule has 0 spiro atoms. The Balaban J connectivity index is 1.71. The summed E-state index contributed by atoms with van der Waals surface area (Å²) in [5, 5.41) is 2.84. The second-order valence-electron chi connectivity index (χ2n) is 6.60. The van der Waals surface area contributed by atoms with Gasteiger partial charge in [0.2, 0.25) is 11.8 Å². The van der Waals surface area contributed by atoms with Gasteiger partial charge < -0.3 is 15.1 Å². The fraction of sp³-hybridized carbons (Fsp3) is 0.500. The highest BCUT2D eigenvalue weighted by atomic mass is 16.2. The largest absolute Gasteiger partial charge is 0.337 e. The van der Waals surface area contributed by atoms with Crippen molar-refractivity contribution >= 4 is 23.4 Å². The Morgan fingerprint density at radius 1 is 1.21 bits per heavy atom. The molecule has 1 atom stereocenters. The summed E-state index contributed by atoms with van der Waals surface area (Å²) >= 11 is 0. The van der Waals surface area contributed by atoms with E-state index in [1.54, 1.807) is 35.9 Å². The van der Waals surface area contributed by atoms with Gasteiger partial charge in [-0.25, -0.2) is 0 Å². The maximum absolute atomic E-state index is 12.5. The number of fused-ring (bicyclic) bond motifs is 1. The molecule has 0 saturated carbocycles. The highest BCUT2D eigenvalue weighted by molar-refractivity contribution is 6.01.